The van der Waals surface area contributed by atoms with Crippen molar-refractivity contribution in [1.82, 2.24) is 0 Å². The van der Waals surface area contributed by atoms with Crippen LogP contribution in [0.3, 0.4) is 0 Å². The number of ether oxygens (including phenoxy) is 1. The van der Waals surface area contributed by atoms with Crippen LogP contribution >= 0.6 is 0 Å². The normalized spacial score (nSPS) is 17.9. The summed E-state index contributed by atoms with van der Waals surface area (Å²) in [6.45, 7) is 4.25. The highest BCUT2D eigenvalue weighted by Gasteiger charge is 2.31. The Hall–Kier alpha value is -3.49. The van der Waals surface area contributed by atoms with E-state index in [4.69, 9.17) is 4.74 Å². The van der Waals surface area contributed by atoms with Gasteiger partial charge in [0.2, 0.25) is 0 Å². The zero-order chi connectivity index (χ0) is 23.5. The van der Waals surface area contributed by atoms with Crippen LogP contribution in [0.15, 0.2) is 60.7 Å². The zero-order valence-corrected chi connectivity index (χ0v) is 18.4. The first kappa shape index (κ1) is 22.7. The molecule has 1 N–H and O–H groups in total. The Bertz CT molecular complexity index is 1220. The van der Waals surface area contributed by atoms with Gasteiger partial charge >= 0.3 is 5.97 Å². The molecule has 3 nitrogen and oxygen atoms in total. The SMILES string of the molecule is CC(C)c1cc(-c2ccc(F)cc2)cc(-c2ccc(F)cc2)c1C#C[C@H]1C(=O)OCCC1O. The van der Waals surface area contributed by atoms with Gasteiger partial charge in [-0.15, -0.1) is 0 Å². The molecule has 3 aromatic rings. The monoisotopic (exact) mass is 446 g/mol. The number of hydrogen-bond donors (Lipinski definition) is 1. The fourth-order valence-electron chi connectivity index (χ4n) is 3.92. The van der Waals surface area contributed by atoms with Gasteiger partial charge in [-0.2, -0.15) is 0 Å². The number of halogens is 2. The maximum absolute atomic E-state index is 13.6. The first-order chi connectivity index (χ1) is 15.8. The second kappa shape index (κ2) is 9.56. The van der Waals surface area contributed by atoms with E-state index in [-0.39, 0.29) is 24.2 Å². The van der Waals surface area contributed by atoms with Crippen LogP contribution in [-0.4, -0.2) is 23.8 Å². The van der Waals surface area contributed by atoms with Crippen molar-refractivity contribution < 1.29 is 23.4 Å². The molecule has 1 unspecified atom stereocenters. The smallest absolute Gasteiger partial charge is 0.323 e. The van der Waals surface area contributed by atoms with E-state index in [1.165, 1.54) is 24.3 Å². The lowest BCUT2D eigenvalue weighted by Gasteiger charge is -2.22. The van der Waals surface area contributed by atoms with Crippen molar-refractivity contribution in [3.05, 3.63) is 83.4 Å². The maximum atomic E-state index is 13.6. The number of benzene rings is 3. The third-order valence-electron chi connectivity index (χ3n) is 5.77. The molecule has 0 aromatic heterocycles. The predicted octanol–water partition coefficient (Wildman–Crippen LogP) is 5.70. The Labute approximate surface area is 192 Å². The maximum Gasteiger partial charge on any atom is 0.323 e. The van der Waals surface area contributed by atoms with Crippen LogP contribution in [0.25, 0.3) is 22.3 Å². The Morgan fingerprint density at radius 1 is 0.939 bits per heavy atom. The standard InChI is InChI=1S/C28H24F2O3/c1-17(2)25-15-20(18-3-7-21(29)8-4-18)16-26(19-5-9-22(30)10-6-19)23(25)11-12-24-27(31)13-14-33-28(24)32/h3-10,15-17,24,27,31H,13-14H2,1-2H3/t24-,27?/m1/s1. The lowest BCUT2D eigenvalue weighted by Crippen LogP contribution is -2.35. The topological polar surface area (TPSA) is 46.5 Å². The predicted molar refractivity (Wildman–Crippen MR) is 123 cm³/mol. The number of cyclic esters (lactones) is 1. The number of aliphatic hydroxyl groups excluding tert-OH is 1. The molecule has 1 fully saturated rings. The van der Waals surface area contributed by atoms with Crippen molar-refractivity contribution in [2.45, 2.75) is 32.3 Å². The molecular formula is C28H24F2O3. The number of hydrogen-bond acceptors (Lipinski definition) is 3. The Kier molecular flexibility index (Phi) is 6.57. The molecule has 1 heterocycles. The van der Waals surface area contributed by atoms with E-state index in [0.717, 1.165) is 27.8 Å². The van der Waals surface area contributed by atoms with Crippen molar-refractivity contribution in [2.24, 2.45) is 5.92 Å². The summed E-state index contributed by atoms with van der Waals surface area (Å²) in [5.74, 6) is 4.02. The van der Waals surface area contributed by atoms with Gasteiger partial charge < -0.3 is 9.84 Å². The average molecular weight is 446 g/mol. The lowest BCUT2D eigenvalue weighted by molar-refractivity contribution is -0.156. The van der Waals surface area contributed by atoms with Crippen LogP contribution < -0.4 is 0 Å². The van der Waals surface area contributed by atoms with Crippen LogP contribution in [0.4, 0.5) is 8.78 Å². The molecule has 0 spiro atoms. The summed E-state index contributed by atoms with van der Waals surface area (Å²) in [6, 6.07) is 16.3. The van der Waals surface area contributed by atoms with Crippen LogP contribution in [0.5, 0.6) is 0 Å². The first-order valence-corrected chi connectivity index (χ1v) is 10.9. The molecule has 2 atom stereocenters. The Morgan fingerprint density at radius 2 is 1.55 bits per heavy atom. The van der Waals surface area contributed by atoms with Gasteiger partial charge in [-0.05, 0) is 70.1 Å². The third-order valence-corrected chi connectivity index (χ3v) is 5.77. The lowest BCUT2D eigenvalue weighted by atomic mass is 9.86. The van der Waals surface area contributed by atoms with Crippen LogP contribution in [0.1, 0.15) is 37.3 Å². The van der Waals surface area contributed by atoms with Crippen molar-refractivity contribution in [3.63, 3.8) is 0 Å². The van der Waals surface area contributed by atoms with Crippen molar-refractivity contribution in [1.29, 1.82) is 0 Å². The van der Waals surface area contributed by atoms with E-state index < -0.39 is 18.0 Å². The summed E-state index contributed by atoms with van der Waals surface area (Å²) in [5, 5.41) is 10.3. The van der Waals surface area contributed by atoms with Crippen molar-refractivity contribution in [2.75, 3.05) is 6.61 Å². The molecule has 1 aliphatic heterocycles. The summed E-state index contributed by atoms with van der Waals surface area (Å²) in [6.07, 6.45) is -0.537. The van der Waals surface area contributed by atoms with Crippen LogP contribution in [0, 0.1) is 29.4 Å². The van der Waals surface area contributed by atoms with E-state index in [9.17, 15) is 18.7 Å². The first-order valence-electron chi connectivity index (χ1n) is 10.9. The largest absolute Gasteiger partial charge is 0.465 e. The molecular weight excluding hydrogens is 422 g/mol. The van der Waals surface area contributed by atoms with Gasteiger partial charge in [-0.1, -0.05) is 50.0 Å². The van der Waals surface area contributed by atoms with E-state index in [2.05, 4.69) is 11.8 Å². The summed E-state index contributed by atoms with van der Waals surface area (Å²) in [4.78, 5) is 12.1. The van der Waals surface area contributed by atoms with E-state index in [0.29, 0.717) is 12.0 Å². The minimum absolute atomic E-state index is 0.0807. The van der Waals surface area contributed by atoms with Crippen LogP contribution in [-0.2, 0) is 9.53 Å². The summed E-state index contributed by atoms with van der Waals surface area (Å²) in [5.41, 5.74) is 4.88. The Balaban J connectivity index is 1.92. The molecule has 0 aliphatic carbocycles. The minimum atomic E-state index is -0.920. The third kappa shape index (κ3) is 4.97. The zero-order valence-electron chi connectivity index (χ0n) is 18.4. The number of carbonyl (C=O) groups is 1. The highest BCUT2D eigenvalue weighted by molar-refractivity contribution is 5.82. The summed E-state index contributed by atoms with van der Waals surface area (Å²) >= 11 is 0. The molecule has 1 saturated heterocycles. The second-order valence-electron chi connectivity index (χ2n) is 8.43. The van der Waals surface area contributed by atoms with E-state index in [1.54, 1.807) is 24.3 Å². The number of carbonyl (C=O) groups excluding carboxylic acids is 1. The summed E-state index contributed by atoms with van der Waals surface area (Å²) in [7, 11) is 0. The molecule has 0 radical (unpaired) electrons. The molecule has 1 aliphatic rings. The number of esters is 1. The van der Waals surface area contributed by atoms with Gasteiger partial charge in [-0.25, -0.2) is 8.78 Å². The molecule has 0 saturated carbocycles. The highest BCUT2D eigenvalue weighted by atomic mass is 19.1. The Morgan fingerprint density at radius 3 is 2.12 bits per heavy atom. The molecule has 0 amide bonds. The van der Waals surface area contributed by atoms with Gasteiger partial charge in [0, 0.05) is 12.0 Å². The van der Waals surface area contributed by atoms with Crippen LogP contribution in [0.2, 0.25) is 0 Å². The van der Waals surface area contributed by atoms with E-state index in [1.807, 2.05) is 26.0 Å². The fraction of sp³-hybridized carbons (Fsp3) is 0.250. The molecule has 33 heavy (non-hydrogen) atoms. The highest BCUT2D eigenvalue weighted by Crippen LogP contribution is 2.35. The molecule has 0 bridgehead atoms. The second-order valence-corrected chi connectivity index (χ2v) is 8.43. The van der Waals surface area contributed by atoms with Crippen molar-refractivity contribution in [3.8, 4) is 34.1 Å². The van der Waals surface area contributed by atoms with Gasteiger partial charge in [0.25, 0.3) is 0 Å². The van der Waals surface area contributed by atoms with Gasteiger partial charge in [-0.3, -0.25) is 4.79 Å². The number of aliphatic hydroxyl groups is 1. The van der Waals surface area contributed by atoms with Gasteiger partial charge in [0.15, 0.2) is 0 Å². The molecule has 4 rings (SSSR count). The molecule has 5 heteroatoms. The molecule has 3 aromatic carbocycles. The number of rotatable bonds is 3. The van der Waals surface area contributed by atoms with Gasteiger partial charge in [0.1, 0.15) is 17.6 Å². The fourth-order valence-corrected chi connectivity index (χ4v) is 3.92. The molecule has 168 valence electrons. The van der Waals surface area contributed by atoms with E-state index >= 15 is 0 Å². The minimum Gasteiger partial charge on any atom is -0.465 e. The van der Waals surface area contributed by atoms with Crippen molar-refractivity contribution >= 4 is 5.97 Å². The average Bonchev–Trinajstić information content (AvgIpc) is 2.79. The summed E-state index contributed by atoms with van der Waals surface area (Å²) < 4.78 is 32.2. The van der Waals surface area contributed by atoms with Gasteiger partial charge in [0.05, 0.1) is 12.7 Å². The quantitative estimate of drug-likeness (QED) is 0.415.